The van der Waals surface area contributed by atoms with Crippen LogP contribution in [0.5, 0.6) is 5.75 Å². The lowest BCUT2D eigenvalue weighted by Crippen LogP contribution is -2.19. The molecule has 1 heterocycles. The highest BCUT2D eigenvalue weighted by atomic mass is 16.5. The van der Waals surface area contributed by atoms with Gasteiger partial charge in [0.05, 0.1) is 13.5 Å². The largest absolute Gasteiger partial charge is 0.497 e. The average molecular weight is 297 g/mol. The molecule has 2 aromatic rings. The standard InChI is InChI=1S/C16H15N3O3/c1-22-13-4-2-3-11(8-13)17-16(21)18-12-6-5-10-7-15(20)19-14(10)9-12/h2-6,8-9H,7H2,1H3,(H,19,20)(H2,17,18,21). The number of rotatable bonds is 3. The van der Waals surface area contributed by atoms with Gasteiger partial charge in [-0.25, -0.2) is 4.79 Å². The van der Waals surface area contributed by atoms with Crippen molar-refractivity contribution in [1.29, 1.82) is 0 Å². The zero-order valence-electron chi connectivity index (χ0n) is 12.0. The van der Waals surface area contributed by atoms with E-state index in [0.29, 0.717) is 23.5 Å². The zero-order valence-corrected chi connectivity index (χ0v) is 12.0. The third kappa shape index (κ3) is 3.01. The Balaban J connectivity index is 1.67. The molecule has 0 spiro atoms. The van der Waals surface area contributed by atoms with Crippen LogP contribution < -0.4 is 20.7 Å². The van der Waals surface area contributed by atoms with Gasteiger partial charge in [-0.15, -0.1) is 0 Å². The molecule has 0 fully saturated rings. The summed E-state index contributed by atoms with van der Waals surface area (Å²) in [6, 6.07) is 12.1. The van der Waals surface area contributed by atoms with E-state index in [0.717, 1.165) is 11.3 Å². The number of fused-ring (bicyclic) bond motifs is 1. The molecule has 0 radical (unpaired) electrons. The van der Waals surface area contributed by atoms with Gasteiger partial charge in [0.25, 0.3) is 0 Å². The first-order chi connectivity index (χ1) is 10.6. The topological polar surface area (TPSA) is 79.5 Å². The number of anilines is 3. The van der Waals surface area contributed by atoms with Crippen LogP contribution in [0.15, 0.2) is 42.5 Å². The smallest absolute Gasteiger partial charge is 0.323 e. The Labute approximate surface area is 127 Å². The van der Waals surface area contributed by atoms with Gasteiger partial charge in [-0.1, -0.05) is 12.1 Å². The molecule has 0 aliphatic carbocycles. The van der Waals surface area contributed by atoms with Gasteiger partial charge in [0, 0.05) is 23.1 Å². The van der Waals surface area contributed by atoms with Crippen LogP contribution in [0.3, 0.4) is 0 Å². The summed E-state index contributed by atoms with van der Waals surface area (Å²) in [6.45, 7) is 0. The van der Waals surface area contributed by atoms with Gasteiger partial charge >= 0.3 is 6.03 Å². The molecule has 0 saturated heterocycles. The molecule has 1 aliphatic heterocycles. The first-order valence-corrected chi connectivity index (χ1v) is 6.79. The van der Waals surface area contributed by atoms with Crippen molar-refractivity contribution in [1.82, 2.24) is 0 Å². The predicted octanol–water partition coefficient (Wildman–Crippen LogP) is 2.83. The van der Waals surface area contributed by atoms with Gasteiger partial charge < -0.3 is 20.7 Å². The lowest BCUT2D eigenvalue weighted by Gasteiger charge is -2.09. The predicted molar refractivity (Wildman–Crippen MR) is 84.4 cm³/mol. The van der Waals surface area contributed by atoms with Crippen LogP contribution in [-0.4, -0.2) is 19.0 Å². The number of carbonyl (C=O) groups excluding carboxylic acids is 2. The van der Waals surface area contributed by atoms with E-state index in [-0.39, 0.29) is 11.9 Å². The van der Waals surface area contributed by atoms with Crippen LogP contribution in [0.1, 0.15) is 5.56 Å². The summed E-state index contributed by atoms with van der Waals surface area (Å²) in [5, 5.41) is 8.20. The highest BCUT2D eigenvalue weighted by Gasteiger charge is 2.17. The first kappa shape index (κ1) is 13.9. The molecule has 3 rings (SSSR count). The van der Waals surface area contributed by atoms with E-state index in [1.54, 1.807) is 43.5 Å². The summed E-state index contributed by atoms with van der Waals surface area (Å²) in [4.78, 5) is 23.3. The van der Waals surface area contributed by atoms with Gasteiger partial charge in [0.2, 0.25) is 5.91 Å². The van der Waals surface area contributed by atoms with E-state index in [1.165, 1.54) is 0 Å². The molecule has 6 nitrogen and oxygen atoms in total. The molecular weight excluding hydrogens is 282 g/mol. The van der Waals surface area contributed by atoms with Crippen molar-refractivity contribution < 1.29 is 14.3 Å². The average Bonchev–Trinajstić information content (AvgIpc) is 2.86. The quantitative estimate of drug-likeness (QED) is 0.815. The number of benzene rings is 2. The van der Waals surface area contributed by atoms with Crippen molar-refractivity contribution >= 4 is 29.0 Å². The Hall–Kier alpha value is -3.02. The molecule has 3 amide bonds. The number of urea groups is 1. The van der Waals surface area contributed by atoms with Gasteiger partial charge in [-0.05, 0) is 29.8 Å². The molecule has 2 aromatic carbocycles. The van der Waals surface area contributed by atoms with E-state index >= 15 is 0 Å². The number of amides is 3. The fourth-order valence-electron chi connectivity index (χ4n) is 2.29. The molecule has 0 atom stereocenters. The van der Waals surface area contributed by atoms with Gasteiger partial charge in [0.15, 0.2) is 0 Å². The van der Waals surface area contributed by atoms with E-state index in [9.17, 15) is 9.59 Å². The molecular formula is C16H15N3O3. The van der Waals surface area contributed by atoms with Gasteiger partial charge in [-0.3, -0.25) is 4.79 Å². The number of nitrogens with one attached hydrogen (secondary N) is 3. The molecule has 0 unspecified atom stereocenters. The van der Waals surface area contributed by atoms with E-state index in [4.69, 9.17) is 4.74 Å². The van der Waals surface area contributed by atoms with Crippen molar-refractivity contribution in [3.63, 3.8) is 0 Å². The van der Waals surface area contributed by atoms with E-state index in [2.05, 4.69) is 16.0 Å². The molecule has 0 bridgehead atoms. The highest BCUT2D eigenvalue weighted by molar-refractivity contribution is 6.02. The summed E-state index contributed by atoms with van der Waals surface area (Å²) in [7, 11) is 1.57. The summed E-state index contributed by atoms with van der Waals surface area (Å²) in [5.41, 5.74) is 2.92. The van der Waals surface area contributed by atoms with E-state index < -0.39 is 0 Å². The van der Waals surface area contributed by atoms with E-state index in [1.807, 2.05) is 6.07 Å². The van der Waals surface area contributed by atoms with Gasteiger partial charge in [-0.2, -0.15) is 0 Å². The lowest BCUT2D eigenvalue weighted by molar-refractivity contribution is -0.115. The number of hydrogen-bond acceptors (Lipinski definition) is 3. The van der Waals surface area contributed by atoms with Crippen molar-refractivity contribution in [2.24, 2.45) is 0 Å². The zero-order chi connectivity index (χ0) is 15.5. The highest BCUT2D eigenvalue weighted by Crippen LogP contribution is 2.26. The van der Waals surface area contributed by atoms with Crippen molar-refractivity contribution in [3.8, 4) is 5.75 Å². The maximum atomic E-state index is 12.0. The van der Waals surface area contributed by atoms with Crippen molar-refractivity contribution in [2.75, 3.05) is 23.1 Å². The Morgan fingerprint density at radius 1 is 1.14 bits per heavy atom. The first-order valence-electron chi connectivity index (χ1n) is 6.79. The van der Waals surface area contributed by atoms with Crippen molar-refractivity contribution in [2.45, 2.75) is 6.42 Å². The Bertz CT molecular complexity index is 743. The Kier molecular flexibility index (Phi) is 3.65. The third-order valence-electron chi connectivity index (χ3n) is 3.32. The minimum absolute atomic E-state index is 0.0343. The summed E-state index contributed by atoms with van der Waals surface area (Å²) >= 11 is 0. The van der Waals surface area contributed by atoms with Crippen LogP contribution in [0.4, 0.5) is 21.9 Å². The fourth-order valence-corrected chi connectivity index (χ4v) is 2.29. The number of methoxy groups -OCH3 is 1. The molecule has 1 aliphatic rings. The molecule has 0 aromatic heterocycles. The lowest BCUT2D eigenvalue weighted by atomic mass is 10.1. The molecule has 3 N–H and O–H groups in total. The second kappa shape index (κ2) is 5.77. The van der Waals surface area contributed by atoms with Crippen LogP contribution in [-0.2, 0) is 11.2 Å². The SMILES string of the molecule is COc1cccc(NC(=O)Nc2ccc3c(c2)NC(=O)C3)c1. The second-order valence-corrected chi connectivity index (χ2v) is 4.91. The minimum Gasteiger partial charge on any atom is -0.497 e. The summed E-state index contributed by atoms with van der Waals surface area (Å²) in [6.07, 6.45) is 0.381. The van der Waals surface area contributed by atoms with Crippen LogP contribution >= 0.6 is 0 Å². The molecule has 22 heavy (non-hydrogen) atoms. The third-order valence-corrected chi connectivity index (χ3v) is 3.32. The fraction of sp³-hybridized carbons (Fsp3) is 0.125. The molecule has 6 heteroatoms. The number of ether oxygens (including phenoxy) is 1. The minimum atomic E-state index is -0.363. The van der Waals surface area contributed by atoms with Crippen molar-refractivity contribution in [3.05, 3.63) is 48.0 Å². The maximum absolute atomic E-state index is 12.0. The Morgan fingerprint density at radius 2 is 1.91 bits per heavy atom. The monoisotopic (exact) mass is 297 g/mol. The molecule has 0 saturated carbocycles. The van der Waals surface area contributed by atoms with Crippen LogP contribution in [0.2, 0.25) is 0 Å². The number of hydrogen-bond donors (Lipinski definition) is 3. The molecule has 112 valence electrons. The normalized spacial score (nSPS) is 12.3. The van der Waals surface area contributed by atoms with Crippen LogP contribution in [0, 0.1) is 0 Å². The number of carbonyl (C=O) groups is 2. The summed E-state index contributed by atoms with van der Waals surface area (Å²) < 4.78 is 5.10. The second-order valence-electron chi connectivity index (χ2n) is 4.91. The van der Waals surface area contributed by atoms with Crippen LogP contribution in [0.25, 0.3) is 0 Å². The Morgan fingerprint density at radius 3 is 2.68 bits per heavy atom. The summed E-state index contributed by atoms with van der Waals surface area (Å²) in [5.74, 6) is 0.631. The van der Waals surface area contributed by atoms with Gasteiger partial charge in [0.1, 0.15) is 5.75 Å². The maximum Gasteiger partial charge on any atom is 0.323 e.